The highest BCUT2D eigenvalue weighted by Gasteiger charge is 2.26. The highest BCUT2D eigenvalue weighted by Crippen LogP contribution is 2.35. The first-order chi connectivity index (χ1) is 15.0. The molecule has 0 saturated heterocycles. The van der Waals surface area contributed by atoms with E-state index in [1.54, 1.807) is 29.2 Å². The van der Waals surface area contributed by atoms with E-state index in [4.69, 9.17) is 0 Å². The van der Waals surface area contributed by atoms with Crippen molar-refractivity contribution in [3.8, 4) is 11.3 Å². The van der Waals surface area contributed by atoms with Crippen molar-refractivity contribution in [3.63, 3.8) is 0 Å². The van der Waals surface area contributed by atoms with Gasteiger partial charge >= 0.3 is 0 Å². The number of para-hydroxylation sites is 1. The quantitative estimate of drug-likeness (QED) is 0.617. The van der Waals surface area contributed by atoms with Crippen LogP contribution in [0.5, 0.6) is 0 Å². The van der Waals surface area contributed by atoms with E-state index in [0.717, 1.165) is 28.5 Å². The molecule has 7 nitrogen and oxygen atoms in total. The van der Waals surface area contributed by atoms with Crippen LogP contribution >= 0.6 is 0 Å². The molecule has 0 saturated carbocycles. The summed E-state index contributed by atoms with van der Waals surface area (Å²) in [5, 5.41) is 2.59. The van der Waals surface area contributed by atoms with E-state index in [1.807, 2.05) is 38.1 Å². The number of carbonyl (C=O) groups excluding carboxylic acids is 3. The van der Waals surface area contributed by atoms with Crippen molar-refractivity contribution in [2.45, 2.75) is 33.1 Å². The van der Waals surface area contributed by atoms with Crippen LogP contribution in [0.2, 0.25) is 0 Å². The lowest BCUT2D eigenvalue weighted by atomic mass is 10.1. The predicted molar refractivity (Wildman–Crippen MR) is 119 cm³/mol. The number of nitrogens with one attached hydrogen (secondary N) is 2. The Morgan fingerprint density at radius 1 is 1.10 bits per heavy atom. The lowest BCUT2D eigenvalue weighted by Crippen LogP contribution is -2.32. The average Bonchev–Trinajstić information content (AvgIpc) is 3.08. The summed E-state index contributed by atoms with van der Waals surface area (Å²) in [4.78, 5) is 46.6. The van der Waals surface area contributed by atoms with Crippen molar-refractivity contribution < 1.29 is 14.4 Å². The van der Waals surface area contributed by atoms with E-state index in [-0.39, 0.29) is 12.3 Å². The molecule has 7 heteroatoms. The minimum Gasteiger partial charge on any atom is -0.346 e. The summed E-state index contributed by atoms with van der Waals surface area (Å²) < 4.78 is 0. The third-order valence-electron chi connectivity index (χ3n) is 5.30. The lowest BCUT2D eigenvalue weighted by molar-refractivity contribution is -0.134. The number of nitrogens with zero attached hydrogens (tertiary/aromatic N) is 2. The van der Waals surface area contributed by atoms with Crippen molar-refractivity contribution in [3.05, 3.63) is 65.6 Å². The maximum atomic E-state index is 13.3. The molecule has 0 spiro atoms. The highest BCUT2D eigenvalue weighted by atomic mass is 16.2. The molecule has 31 heavy (non-hydrogen) atoms. The molecule has 158 valence electrons. The Bertz CT molecular complexity index is 1150. The van der Waals surface area contributed by atoms with Gasteiger partial charge in [0.05, 0.1) is 11.4 Å². The number of carbonyl (C=O) groups is 3. The molecule has 2 heterocycles. The maximum Gasteiger partial charge on any atom is 0.291 e. The zero-order valence-electron chi connectivity index (χ0n) is 17.6. The van der Waals surface area contributed by atoms with Gasteiger partial charge < -0.3 is 15.2 Å². The summed E-state index contributed by atoms with van der Waals surface area (Å²) in [6.07, 6.45) is 1.51. The Morgan fingerprint density at radius 3 is 2.58 bits per heavy atom. The summed E-state index contributed by atoms with van der Waals surface area (Å²) in [6, 6.07) is 14.4. The Labute approximate surface area is 180 Å². The van der Waals surface area contributed by atoms with Crippen LogP contribution < -0.4 is 10.2 Å². The number of fused-ring (bicyclic) bond motifs is 3. The fraction of sp³-hybridized carbons (Fsp3) is 0.250. The third kappa shape index (κ3) is 4.12. The van der Waals surface area contributed by atoms with Gasteiger partial charge in [-0.05, 0) is 43.7 Å². The van der Waals surface area contributed by atoms with E-state index in [0.29, 0.717) is 30.6 Å². The number of hydrogen-bond acceptors (Lipinski definition) is 4. The van der Waals surface area contributed by atoms with Crippen LogP contribution in [-0.4, -0.2) is 34.1 Å². The van der Waals surface area contributed by atoms with Gasteiger partial charge in [0.25, 0.3) is 11.8 Å². The molecule has 0 bridgehead atoms. The Kier molecular flexibility index (Phi) is 5.66. The predicted octanol–water partition coefficient (Wildman–Crippen LogP) is 3.90. The van der Waals surface area contributed by atoms with E-state index in [1.165, 1.54) is 0 Å². The number of rotatable bonds is 5. The molecule has 3 aromatic rings. The highest BCUT2D eigenvalue weighted by molar-refractivity contribution is 6.40. The van der Waals surface area contributed by atoms with Gasteiger partial charge in [-0.25, -0.2) is 4.98 Å². The number of aromatic amines is 1. The van der Waals surface area contributed by atoms with E-state index in [9.17, 15) is 14.4 Å². The molecule has 0 unspecified atom stereocenters. The van der Waals surface area contributed by atoms with Crippen molar-refractivity contribution in [2.24, 2.45) is 0 Å². The van der Waals surface area contributed by atoms with E-state index >= 15 is 0 Å². The number of ketones is 1. The number of anilines is 2. The summed E-state index contributed by atoms with van der Waals surface area (Å²) >= 11 is 0. The fourth-order valence-electron chi connectivity index (χ4n) is 3.80. The zero-order chi connectivity index (χ0) is 22.0. The molecule has 1 aliphatic rings. The van der Waals surface area contributed by atoms with Gasteiger partial charge in [0.2, 0.25) is 5.78 Å². The van der Waals surface area contributed by atoms with Crippen LogP contribution in [0, 0.1) is 6.92 Å². The molecule has 1 aromatic heterocycles. The monoisotopic (exact) mass is 416 g/mol. The second-order valence-electron chi connectivity index (χ2n) is 7.58. The molecular weight excluding hydrogens is 392 g/mol. The molecule has 4 rings (SSSR count). The summed E-state index contributed by atoms with van der Waals surface area (Å²) in [5.74, 6) is -0.355. The summed E-state index contributed by atoms with van der Waals surface area (Å²) in [7, 11) is 0. The van der Waals surface area contributed by atoms with Crippen molar-refractivity contribution in [1.29, 1.82) is 0 Å². The van der Waals surface area contributed by atoms with Gasteiger partial charge in [0.15, 0.2) is 0 Å². The van der Waals surface area contributed by atoms with Gasteiger partial charge in [-0.2, -0.15) is 0 Å². The van der Waals surface area contributed by atoms with Crippen LogP contribution in [0.1, 0.15) is 41.6 Å². The van der Waals surface area contributed by atoms with Crippen molar-refractivity contribution in [1.82, 2.24) is 9.97 Å². The Balaban J connectivity index is 1.57. The third-order valence-corrected chi connectivity index (χ3v) is 5.30. The van der Waals surface area contributed by atoms with Crippen molar-refractivity contribution >= 4 is 29.0 Å². The molecule has 2 aromatic carbocycles. The smallest absolute Gasteiger partial charge is 0.291 e. The van der Waals surface area contributed by atoms with Gasteiger partial charge in [0.1, 0.15) is 5.82 Å². The Hall–Kier alpha value is -3.74. The van der Waals surface area contributed by atoms with Gasteiger partial charge in [0, 0.05) is 41.9 Å². The first kappa shape index (κ1) is 20.5. The molecule has 0 fully saturated rings. The molecule has 2 N–H and O–H groups in total. The second kappa shape index (κ2) is 8.55. The number of aryl methyl sites for hydroxylation is 1. The minimum absolute atomic E-state index is 0.130. The second-order valence-corrected chi connectivity index (χ2v) is 7.58. The topological polar surface area (TPSA) is 95.2 Å². The molecule has 0 atom stereocenters. The largest absolute Gasteiger partial charge is 0.346 e. The van der Waals surface area contributed by atoms with Crippen LogP contribution in [0.15, 0.2) is 48.5 Å². The van der Waals surface area contributed by atoms with Crippen LogP contribution in [0.4, 0.5) is 11.4 Å². The van der Waals surface area contributed by atoms with Gasteiger partial charge in [-0.3, -0.25) is 14.4 Å². The fourth-order valence-corrected chi connectivity index (χ4v) is 3.80. The van der Waals surface area contributed by atoms with E-state index < -0.39 is 11.7 Å². The number of H-pyrrole nitrogens is 1. The summed E-state index contributed by atoms with van der Waals surface area (Å²) in [5.41, 5.74) is 4.64. The number of aromatic nitrogens is 2. The summed E-state index contributed by atoms with van der Waals surface area (Å²) in [6.45, 7) is 4.30. The van der Waals surface area contributed by atoms with Gasteiger partial charge in [-0.15, -0.1) is 0 Å². The molecule has 1 aliphatic heterocycles. The maximum absolute atomic E-state index is 13.3. The number of Topliss-reactive ketones (excluding diaryl/α,β-unsaturated/α-hetero) is 1. The van der Waals surface area contributed by atoms with Gasteiger partial charge in [-0.1, -0.05) is 25.1 Å². The minimum atomic E-state index is -0.633. The number of hydrogen-bond donors (Lipinski definition) is 2. The van der Waals surface area contributed by atoms with Crippen LogP contribution in [-0.2, 0) is 16.0 Å². The van der Waals surface area contributed by atoms with E-state index in [2.05, 4.69) is 15.3 Å². The molecular formula is C24H24N4O3. The Morgan fingerprint density at radius 2 is 1.84 bits per heavy atom. The SMILES string of the molecule is CCCC(=O)C(=O)Nc1ccc(C(=O)N2CCc3[nH]c(C)nc3-c3ccccc32)cc1. The average molecular weight is 416 g/mol. The van der Waals surface area contributed by atoms with Crippen LogP contribution in [0.25, 0.3) is 11.3 Å². The number of imidazole rings is 1. The first-order valence-corrected chi connectivity index (χ1v) is 10.4. The standard InChI is InChI=1S/C24H24N4O3/c1-3-6-21(29)23(30)27-17-11-9-16(10-12-17)24(31)28-14-13-19-22(26-15(2)25-19)18-7-4-5-8-20(18)28/h4-5,7-12H,3,6,13-14H2,1-2H3,(H,25,26)(H,27,30). The lowest BCUT2D eigenvalue weighted by Gasteiger charge is -2.23. The zero-order valence-corrected chi connectivity index (χ0v) is 17.6. The first-order valence-electron chi connectivity index (χ1n) is 10.4. The number of amides is 2. The molecule has 0 aliphatic carbocycles. The molecule has 2 amide bonds. The molecule has 0 radical (unpaired) electrons. The normalized spacial score (nSPS) is 12.5. The number of benzene rings is 2. The van der Waals surface area contributed by atoms with Crippen LogP contribution in [0.3, 0.4) is 0 Å². The van der Waals surface area contributed by atoms with Crippen molar-refractivity contribution in [2.75, 3.05) is 16.8 Å².